The molecular weight excluding hydrogens is 176 g/mol. The molecule has 1 amide bonds. The van der Waals surface area contributed by atoms with Crippen LogP contribution in [-0.4, -0.2) is 37.0 Å². The molecular formula is C11H20N2O. The summed E-state index contributed by atoms with van der Waals surface area (Å²) in [6.07, 6.45) is 4.58. The van der Waals surface area contributed by atoms with E-state index >= 15 is 0 Å². The highest BCUT2D eigenvalue weighted by atomic mass is 16.2. The molecule has 1 spiro atoms. The van der Waals surface area contributed by atoms with E-state index in [9.17, 15) is 4.79 Å². The van der Waals surface area contributed by atoms with Crippen LogP contribution < -0.4 is 5.32 Å². The molecule has 2 rings (SSSR count). The number of carbonyl (C=O) groups excluding carboxylic acids is 1. The lowest BCUT2D eigenvalue weighted by Crippen LogP contribution is -2.40. The molecule has 2 aliphatic rings. The number of nitrogens with zero attached hydrogens (tertiary/aromatic N) is 1. The number of carbonyl (C=O) groups is 1. The van der Waals surface area contributed by atoms with Crippen molar-refractivity contribution in [1.82, 2.24) is 10.2 Å². The molecule has 0 bridgehead atoms. The van der Waals surface area contributed by atoms with Crippen molar-refractivity contribution in [2.75, 3.05) is 26.2 Å². The Morgan fingerprint density at radius 3 is 3.00 bits per heavy atom. The lowest BCUT2D eigenvalue weighted by molar-refractivity contribution is -0.135. The van der Waals surface area contributed by atoms with Crippen LogP contribution in [0.5, 0.6) is 0 Å². The van der Waals surface area contributed by atoms with Gasteiger partial charge in [0, 0.05) is 19.6 Å². The smallest absolute Gasteiger partial charge is 0.230 e. The maximum Gasteiger partial charge on any atom is 0.230 e. The van der Waals surface area contributed by atoms with Crippen LogP contribution >= 0.6 is 0 Å². The van der Waals surface area contributed by atoms with Crippen LogP contribution in [0.3, 0.4) is 0 Å². The van der Waals surface area contributed by atoms with Crippen molar-refractivity contribution in [1.29, 1.82) is 0 Å². The van der Waals surface area contributed by atoms with Crippen LogP contribution in [0.4, 0.5) is 0 Å². The van der Waals surface area contributed by atoms with Crippen molar-refractivity contribution in [3.05, 3.63) is 0 Å². The summed E-state index contributed by atoms with van der Waals surface area (Å²) in [5.41, 5.74) is -0.0352. The zero-order valence-electron chi connectivity index (χ0n) is 9.01. The minimum atomic E-state index is -0.0352. The van der Waals surface area contributed by atoms with Crippen molar-refractivity contribution in [3.63, 3.8) is 0 Å². The van der Waals surface area contributed by atoms with Gasteiger partial charge in [0.05, 0.1) is 5.41 Å². The van der Waals surface area contributed by atoms with Gasteiger partial charge in [0.1, 0.15) is 0 Å². The summed E-state index contributed by atoms with van der Waals surface area (Å²) >= 11 is 0. The first kappa shape index (κ1) is 9.97. The first-order valence-electron chi connectivity index (χ1n) is 5.79. The normalized spacial score (nSPS) is 33.8. The van der Waals surface area contributed by atoms with Crippen molar-refractivity contribution < 1.29 is 4.79 Å². The fraction of sp³-hybridized carbons (Fsp3) is 0.909. The van der Waals surface area contributed by atoms with E-state index < -0.39 is 0 Å². The Kier molecular flexibility index (Phi) is 2.77. The number of hydrogen-bond acceptors (Lipinski definition) is 2. The summed E-state index contributed by atoms with van der Waals surface area (Å²) in [5.74, 6) is 0.398. The summed E-state index contributed by atoms with van der Waals surface area (Å²) in [7, 11) is 0. The van der Waals surface area contributed by atoms with Gasteiger partial charge in [0.2, 0.25) is 5.91 Å². The van der Waals surface area contributed by atoms with Crippen LogP contribution in [0.1, 0.15) is 32.6 Å². The van der Waals surface area contributed by atoms with Gasteiger partial charge in [-0.2, -0.15) is 0 Å². The lowest BCUT2D eigenvalue weighted by Gasteiger charge is -2.25. The second-order valence-electron chi connectivity index (χ2n) is 4.55. The average Bonchev–Trinajstić information content (AvgIpc) is 2.41. The van der Waals surface area contributed by atoms with Gasteiger partial charge in [-0.25, -0.2) is 0 Å². The Morgan fingerprint density at radius 1 is 1.43 bits per heavy atom. The summed E-state index contributed by atoms with van der Waals surface area (Å²) in [6, 6.07) is 0. The number of likely N-dealkylation sites (tertiary alicyclic amines) is 1. The number of rotatable bonds is 1. The van der Waals surface area contributed by atoms with Crippen LogP contribution in [0.15, 0.2) is 0 Å². The van der Waals surface area contributed by atoms with Gasteiger partial charge >= 0.3 is 0 Å². The number of hydrogen-bond donors (Lipinski definition) is 1. The highest BCUT2D eigenvalue weighted by Gasteiger charge is 2.45. The Balaban J connectivity index is 2.11. The Bertz CT molecular complexity index is 219. The highest BCUT2D eigenvalue weighted by Crippen LogP contribution is 2.37. The third kappa shape index (κ3) is 1.54. The molecule has 2 heterocycles. The Morgan fingerprint density at radius 2 is 2.29 bits per heavy atom. The van der Waals surface area contributed by atoms with Crippen LogP contribution in [0, 0.1) is 5.41 Å². The second-order valence-corrected chi connectivity index (χ2v) is 4.55. The second kappa shape index (κ2) is 3.89. The zero-order valence-corrected chi connectivity index (χ0v) is 9.01. The van der Waals surface area contributed by atoms with E-state index in [1.807, 2.05) is 4.90 Å². The maximum absolute atomic E-state index is 12.2. The first-order chi connectivity index (χ1) is 6.78. The molecule has 1 unspecified atom stereocenters. The van der Waals surface area contributed by atoms with E-state index in [-0.39, 0.29) is 5.41 Å². The molecule has 3 heteroatoms. The van der Waals surface area contributed by atoms with Crippen LogP contribution in [0.2, 0.25) is 0 Å². The van der Waals surface area contributed by atoms with Gasteiger partial charge in [0.15, 0.2) is 0 Å². The van der Waals surface area contributed by atoms with Crippen LogP contribution in [-0.2, 0) is 4.79 Å². The predicted octanol–water partition coefficient (Wildman–Crippen LogP) is 0.998. The average molecular weight is 196 g/mol. The fourth-order valence-corrected chi connectivity index (χ4v) is 2.72. The van der Waals surface area contributed by atoms with E-state index in [4.69, 9.17) is 0 Å². The fourth-order valence-electron chi connectivity index (χ4n) is 2.72. The topological polar surface area (TPSA) is 32.3 Å². The third-order valence-electron chi connectivity index (χ3n) is 3.71. The third-order valence-corrected chi connectivity index (χ3v) is 3.71. The molecule has 2 aliphatic heterocycles. The molecule has 0 aromatic heterocycles. The molecule has 0 aliphatic carbocycles. The van der Waals surface area contributed by atoms with E-state index in [0.717, 1.165) is 39.0 Å². The highest BCUT2D eigenvalue weighted by molar-refractivity contribution is 5.85. The lowest BCUT2D eigenvalue weighted by atomic mass is 9.82. The van der Waals surface area contributed by atoms with E-state index in [1.54, 1.807) is 0 Å². The van der Waals surface area contributed by atoms with Crippen molar-refractivity contribution >= 4 is 5.91 Å². The van der Waals surface area contributed by atoms with Gasteiger partial charge in [-0.15, -0.1) is 0 Å². The molecule has 14 heavy (non-hydrogen) atoms. The molecule has 2 fully saturated rings. The molecule has 0 aromatic carbocycles. The van der Waals surface area contributed by atoms with E-state index in [0.29, 0.717) is 5.91 Å². The van der Waals surface area contributed by atoms with Crippen molar-refractivity contribution in [2.45, 2.75) is 32.6 Å². The zero-order chi connectivity index (χ0) is 10.0. The van der Waals surface area contributed by atoms with Crippen molar-refractivity contribution in [3.8, 4) is 0 Å². The number of amides is 1. The Hall–Kier alpha value is -0.570. The number of nitrogens with one attached hydrogen (secondary N) is 1. The Labute approximate surface area is 85.8 Å². The van der Waals surface area contributed by atoms with Gasteiger partial charge < -0.3 is 10.2 Å². The summed E-state index contributed by atoms with van der Waals surface area (Å²) in [6.45, 7) is 5.90. The summed E-state index contributed by atoms with van der Waals surface area (Å²) < 4.78 is 0. The summed E-state index contributed by atoms with van der Waals surface area (Å²) in [5, 5.41) is 3.41. The molecule has 1 N–H and O–H groups in total. The van der Waals surface area contributed by atoms with Crippen molar-refractivity contribution in [2.24, 2.45) is 5.41 Å². The van der Waals surface area contributed by atoms with E-state index in [1.165, 1.54) is 12.8 Å². The quantitative estimate of drug-likeness (QED) is 0.678. The molecule has 80 valence electrons. The molecule has 2 saturated heterocycles. The minimum Gasteiger partial charge on any atom is -0.342 e. The van der Waals surface area contributed by atoms with Gasteiger partial charge in [-0.05, 0) is 32.7 Å². The first-order valence-corrected chi connectivity index (χ1v) is 5.79. The summed E-state index contributed by atoms with van der Waals surface area (Å²) in [4.78, 5) is 14.2. The largest absolute Gasteiger partial charge is 0.342 e. The minimum absolute atomic E-state index is 0.0352. The molecule has 3 nitrogen and oxygen atoms in total. The monoisotopic (exact) mass is 196 g/mol. The van der Waals surface area contributed by atoms with Gasteiger partial charge in [-0.1, -0.05) is 6.42 Å². The molecule has 0 aromatic rings. The predicted molar refractivity (Wildman–Crippen MR) is 56.0 cm³/mol. The van der Waals surface area contributed by atoms with Gasteiger partial charge in [0.25, 0.3) is 0 Å². The standard InChI is InChI=1S/C11H20N2O/c1-2-13-8-6-11(10(13)14)5-3-4-7-12-9-11/h12H,2-9H2,1H3. The van der Waals surface area contributed by atoms with Crippen LogP contribution in [0.25, 0.3) is 0 Å². The maximum atomic E-state index is 12.2. The van der Waals surface area contributed by atoms with Gasteiger partial charge in [-0.3, -0.25) is 4.79 Å². The molecule has 0 radical (unpaired) electrons. The molecule has 1 atom stereocenters. The van der Waals surface area contributed by atoms with E-state index in [2.05, 4.69) is 12.2 Å². The molecule has 0 saturated carbocycles. The SMILES string of the molecule is CCN1CCC2(CCCCNC2)C1=O.